The number of hydrogen-bond donors (Lipinski definition) is 1. The van der Waals surface area contributed by atoms with Gasteiger partial charge in [0, 0.05) is 12.6 Å². The fourth-order valence-corrected chi connectivity index (χ4v) is 3.96. The second kappa shape index (κ2) is 7.92. The van der Waals surface area contributed by atoms with Gasteiger partial charge in [-0.1, -0.05) is 6.07 Å². The number of nitrogens with zero attached hydrogens (tertiary/aromatic N) is 1. The highest BCUT2D eigenvalue weighted by Gasteiger charge is 2.34. The zero-order valence-electron chi connectivity index (χ0n) is 16.9. The smallest absolute Gasteiger partial charge is 0.326 e. The molecule has 9 nitrogen and oxygen atoms in total. The summed E-state index contributed by atoms with van der Waals surface area (Å²) < 4.78 is 21.9. The number of carbonyl (C=O) groups is 3. The van der Waals surface area contributed by atoms with E-state index in [1.807, 2.05) is 0 Å². The molecule has 0 saturated carbocycles. The van der Waals surface area contributed by atoms with Gasteiger partial charge in [0.15, 0.2) is 23.9 Å². The Morgan fingerprint density at radius 3 is 2.81 bits per heavy atom. The maximum Gasteiger partial charge on any atom is 0.326 e. The largest absolute Gasteiger partial charge is 0.484 e. The number of Topliss-reactive ketones (excluding diaryl/α,β-unsaturated/α-hetero) is 1. The van der Waals surface area contributed by atoms with Crippen LogP contribution < -0.4 is 18.9 Å². The number of carboxylic acid groups (broad SMARTS) is 1. The molecule has 0 radical (unpaired) electrons. The van der Waals surface area contributed by atoms with E-state index in [9.17, 15) is 19.5 Å². The summed E-state index contributed by atoms with van der Waals surface area (Å²) in [5, 5.41) is 9.22. The molecular weight excluding hydrogens is 418 g/mol. The molecule has 9 heteroatoms. The van der Waals surface area contributed by atoms with Gasteiger partial charge in [-0.25, -0.2) is 4.79 Å². The summed E-state index contributed by atoms with van der Waals surface area (Å²) in [6, 6.07) is 9.21. The highest BCUT2D eigenvalue weighted by molar-refractivity contribution is 6.14. The molecule has 0 aliphatic carbocycles. The molecule has 1 atom stereocenters. The fraction of sp³-hybridized carbons (Fsp3) is 0.261. The zero-order chi connectivity index (χ0) is 22.2. The van der Waals surface area contributed by atoms with Gasteiger partial charge in [0.2, 0.25) is 12.6 Å². The van der Waals surface area contributed by atoms with Crippen molar-refractivity contribution in [2.45, 2.75) is 18.9 Å². The number of allylic oxidation sites excluding steroid dienone is 1. The fourth-order valence-electron chi connectivity index (χ4n) is 3.96. The standard InChI is InChI=1S/C23H19NO8/c25-21(24-7-1-2-16(24)23(27)28)11-29-14-4-5-15-18(10-14)32-20(22(15)26)9-13-3-6-17-19(8-13)31-12-30-17/h3-6,8-10,16H,1-2,7,11-12H2,(H,27,28)/t16-/m0/s1. The molecule has 0 bridgehead atoms. The molecule has 164 valence electrons. The van der Waals surface area contributed by atoms with E-state index in [1.165, 1.54) is 4.90 Å². The summed E-state index contributed by atoms with van der Waals surface area (Å²) in [4.78, 5) is 37.6. The first kappa shape index (κ1) is 19.9. The molecule has 32 heavy (non-hydrogen) atoms. The van der Waals surface area contributed by atoms with Gasteiger partial charge < -0.3 is 29.0 Å². The van der Waals surface area contributed by atoms with Crippen LogP contribution in [0.1, 0.15) is 28.8 Å². The van der Waals surface area contributed by atoms with E-state index in [0.717, 1.165) is 5.56 Å². The molecule has 0 aromatic heterocycles. The number of rotatable bonds is 5. The Morgan fingerprint density at radius 2 is 1.97 bits per heavy atom. The monoisotopic (exact) mass is 437 g/mol. The Kier molecular flexibility index (Phi) is 4.93. The number of carboxylic acids is 1. The molecule has 2 aromatic carbocycles. The van der Waals surface area contributed by atoms with E-state index in [-0.39, 0.29) is 24.9 Å². The van der Waals surface area contributed by atoms with Crippen molar-refractivity contribution < 1.29 is 38.4 Å². The average molecular weight is 437 g/mol. The maximum absolute atomic E-state index is 12.7. The maximum atomic E-state index is 12.7. The van der Waals surface area contributed by atoms with Crippen LogP contribution in [-0.4, -0.2) is 53.7 Å². The van der Waals surface area contributed by atoms with Gasteiger partial charge in [0.25, 0.3) is 5.91 Å². The second-order valence-electron chi connectivity index (χ2n) is 7.58. The first-order valence-electron chi connectivity index (χ1n) is 10.1. The minimum Gasteiger partial charge on any atom is -0.484 e. The van der Waals surface area contributed by atoms with Crippen LogP contribution in [-0.2, 0) is 9.59 Å². The van der Waals surface area contributed by atoms with E-state index in [0.29, 0.717) is 47.9 Å². The van der Waals surface area contributed by atoms with Crippen LogP contribution in [0.3, 0.4) is 0 Å². The van der Waals surface area contributed by atoms with Crippen molar-refractivity contribution in [3.63, 3.8) is 0 Å². The predicted molar refractivity (Wildman–Crippen MR) is 110 cm³/mol. The topological polar surface area (TPSA) is 112 Å². The minimum absolute atomic E-state index is 0.161. The van der Waals surface area contributed by atoms with Crippen LogP contribution in [0.25, 0.3) is 6.08 Å². The van der Waals surface area contributed by atoms with Crippen molar-refractivity contribution in [2.75, 3.05) is 19.9 Å². The Morgan fingerprint density at radius 1 is 1.12 bits per heavy atom. The van der Waals surface area contributed by atoms with Crippen molar-refractivity contribution in [1.29, 1.82) is 0 Å². The molecule has 1 saturated heterocycles. The number of hydrogen-bond acceptors (Lipinski definition) is 7. The van der Waals surface area contributed by atoms with Gasteiger partial charge in [-0.3, -0.25) is 9.59 Å². The molecule has 3 aliphatic heterocycles. The number of ether oxygens (including phenoxy) is 4. The number of ketones is 1. The lowest BCUT2D eigenvalue weighted by atomic mass is 10.1. The van der Waals surface area contributed by atoms with E-state index < -0.39 is 17.9 Å². The van der Waals surface area contributed by atoms with Gasteiger partial charge in [0.05, 0.1) is 5.56 Å². The van der Waals surface area contributed by atoms with Gasteiger partial charge >= 0.3 is 5.97 Å². The van der Waals surface area contributed by atoms with Crippen LogP contribution in [0.2, 0.25) is 0 Å². The lowest BCUT2D eigenvalue weighted by Crippen LogP contribution is -2.42. The predicted octanol–water partition coefficient (Wildman–Crippen LogP) is 2.49. The molecule has 0 unspecified atom stereocenters. The van der Waals surface area contributed by atoms with E-state index in [1.54, 1.807) is 42.5 Å². The third kappa shape index (κ3) is 3.62. The molecule has 1 fully saturated rings. The highest BCUT2D eigenvalue weighted by atomic mass is 16.7. The Labute approximate surface area is 182 Å². The molecule has 0 spiro atoms. The lowest BCUT2D eigenvalue weighted by molar-refractivity contribution is -0.148. The third-order valence-corrected chi connectivity index (χ3v) is 5.56. The quantitative estimate of drug-likeness (QED) is 0.711. The summed E-state index contributed by atoms with van der Waals surface area (Å²) in [6.45, 7) is 0.265. The SMILES string of the molecule is O=C1C(=Cc2ccc3c(c2)OCO3)Oc2cc(OCC(=O)N3CCC[C@H]3C(=O)O)ccc21. The molecule has 5 rings (SSSR count). The third-order valence-electron chi connectivity index (χ3n) is 5.56. The number of likely N-dealkylation sites (tertiary alicyclic amines) is 1. The second-order valence-corrected chi connectivity index (χ2v) is 7.58. The first-order chi connectivity index (χ1) is 15.5. The van der Waals surface area contributed by atoms with Crippen LogP contribution in [0.4, 0.5) is 0 Å². The van der Waals surface area contributed by atoms with Crippen LogP contribution in [0.5, 0.6) is 23.0 Å². The first-order valence-corrected chi connectivity index (χ1v) is 10.1. The van der Waals surface area contributed by atoms with Crippen molar-refractivity contribution >= 4 is 23.7 Å². The molecule has 1 N–H and O–H groups in total. The van der Waals surface area contributed by atoms with Crippen molar-refractivity contribution in [1.82, 2.24) is 4.90 Å². The minimum atomic E-state index is -1.01. The van der Waals surface area contributed by atoms with Crippen LogP contribution in [0, 0.1) is 0 Å². The summed E-state index contributed by atoms with van der Waals surface area (Å²) in [5.41, 5.74) is 1.12. The molecule has 3 heterocycles. The Bertz CT molecular complexity index is 1150. The van der Waals surface area contributed by atoms with Crippen molar-refractivity contribution in [2.24, 2.45) is 0 Å². The van der Waals surface area contributed by atoms with Crippen molar-refractivity contribution in [3.8, 4) is 23.0 Å². The zero-order valence-corrected chi connectivity index (χ0v) is 16.9. The molecular formula is C23H19NO8. The van der Waals surface area contributed by atoms with Crippen LogP contribution in [0.15, 0.2) is 42.2 Å². The summed E-state index contributed by atoms with van der Waals surface area (Å²) in [5.74, 6) is 0.421. The van der Waals surface area contributed by atoms with E-state index in [4.69, 9.17) is 18.9 Å². The number of benzene rings is 2. The average Bonchev–Trinajstić information content (AvgIpc) is 3.51. The number of aliphatic carboxylic acids is 1. The Balaban J connectivity index is 1.27. The van der Waals surface area contributed by atoms with Crippen LogP contribution >= 0.6 is 0 Å². The molecule has 2 aromatic rings. The van der Waals surface area contributed by atoms with Gasteiger partial charge in [-0.2, -0.15) is 0 Å². The lowest BCUT2D eigenvalue weighted by Gasteiger charge is -2.21. The van der Waals surface area contributed by atoms with E-state index >= 15 is 0 Å². The van der Waals surface area contributed by atoms with Crippen molar-refractivity contribution in [3.05, 3.63) is 53.3 Å². The summed E-state index contributed by atoms with van der Waals surface area (Å²) in [6.07, 6.45) is 2.71. The highest BCUT2D eigenvalue weighted by Crippen LogP contribution is 2.37. The van der Waals surface area contributed by atoms with Gasteiger partial charge in [-0.15, -0.1) is 0 Å². The summed E-state index contributed by atoms with van der Waals surface area (Å²) in [7, 11) is 0. The normalized spacial score (nSPS) is 19.8. The number of amides is 1. The number of carbonyl (C=O) groups excluding carboxylic acids is 2. The summed E-state index contributed by atoms with van der Waals surface area (Å²) >= 11 is 0. The van der Waals surface area contributed by atoms with Gasteiger partial charge in [0.1, 0.15) is 17.5 Å². The molecule has 1 amide bonds. The van der Waals surface area contributed by atoms with Gasteiger partial charge in [-0.05, 0) is 48.7 Å². The number of fused-ring (bicyclic) bond motifs is 2. The Hall–Kier alpha value is -4.01. The molecule has 3 aliphatic rings. The van der Waals surface area contributed by atoms with E-state index in [2.05, 4.69) is 0 Å².